The topological polar surface area (TPSA) is 34.1 Å². The van der Waals surface area contributed by atoms with E-state index in [2.05, 4.69) is 12.1 Å². The molecular weight excluding hydrogens is 521 g/mol. The zero-order valence-electron chi connectivity index (χ0n) is 19.4. The molecule has 0 amide bonds. The second-order valence-electron chi connectivity index (χ2n) is 7.87. The van der Waals surface area contributed by atoms with Gasteiger partial charge in [-0.25, -0.2) is 4.39 Å². The standard InChI is InChI=1S/C19H19F3OS.C8H4F4O/c20-19(21,22)17-13-16(14-23)10-11-18(17)24-12-6-2-5-9-15-7-3-1-4-8-15;9-7-2-1-5(4-13)3-6(7)8(10,11)12/h1,3-4,7-8,10-11,13-14H,2,5-6,9,12H2;1-4H. The van der Waals surface area contributed by atoms with Crippen LogP contribution in [-0.2, 0) is 18.8 Å². The summed E-state index contributed by atoms with van der Waals surface area (Å²) in [5.74, 6) is -0.740. The molecule has 0 aliphatic carbocycles. The van der Waals surface area contributed by atoms with E-state index in [0.717, 1.165) is 37.8 Å². The number of aldehydes is 2. The number of thioether (sulfide) groups is 1. The first kappa shape index (κ1) is 30.1. The van der Waals surface area contributed by atoms with Crippen LogP contribution < -0.4 is 0 Å². The van der Waals surface area contributed by atoms with Crippen molar-refractivity contribution in [2.24, 2.45) is 0 Å². The lowest BCUT2D eigenvalue weighted by atomic mass is 10.1. The van der Waals surface area contributed by atoms with Crippen molar-refractivity contribution < 1.29 is 40.3 Å². The van der Waals surface area contributed by atoms with Crippen molar-refractivity contribution in [3.05, 3.63) is 100 Å². The molecule has 3 aromatic carbocycles. The maximum absolute atomic E-state index is 13.1. The molecule has 2 nitrogen and oxygen atoms in total. The molecule has 0 aromatic heterocycles. The number of hydrogen-bond donors (Lipinski definition) is 0. The molecule has 198 valence electrons. The Bertz CT molecular complexity index is 1160. The molecule has 0 bridgehead atoms. The van der Waals surface area contributed by atoms with Crippen LogP contribution in [0.4, 0.5) is 30.7 Å². The zero-order valence-corrected chi connectivity index (χ0v) is 20.2. The lowest BCUT2D eigenvalue weighted by Crippen LogP contribution is -2.08. The number of halogens is 7. The summed E-state index contributed by atoms with van der Waals surface area (Å²) in [5.41, 5.74) is -1.00. The fourth-order valence-corrected chi connectivity index (χ4v) is 4.30. The Hall–Kier alpha value is -3.14. The molecule has 0 aliphatic rings. The fourth-order valence-electron chi connectivity index (χ4n) is 3.24. The first-order chi connectivity index (χ1) is 17.5. The Morgan fingerprint density at radius 3 is 1.81 bits per heavy atom. The van der Waals surface area contributed by atoms with E-state index in [1.807, 2.05) is 18.2 Å². The Kier molecular flexibility index (Phi) is 11.4. The lowest BCUT2D eigenvalue weighted by Gasteiger charge is -2.13. The third kappa shape index (κ3) is 10.0. The van der Waals surface area contributed by atoms with Crippen molar-refractivity contribution in [3.8, 4) is 0 Å². The number of carbonyl (C=O) groups is 2. The lowest BCUT2D eigenvalue weighted by molar-refractivity contribution is -0.140. The minimum atomic E-state index is -4.76. The third-order valence-corrected chi connectivity index (χ3v) is 6.25. The van der Waals surface area contributed by atoms with Gasteiger partial charge in [0.15, 0.2) is 0 Å². The molecule has 3 aromatic rings. The molecule has 0 heterocycles. The maximum Gasteiger partial charge on any atom is 0.419 e. The summed E-state index contributed by atoms with van der Waals surface area (Å²) in [7, 11) is 0. The van der Waals surface area contributed by atoms with Gasteiger partial charge in [0.2, 0.25) is 0 Å². The van der Waals surface area contributed by atoms with Gasteiger partial charge in [-0.3, -0.25) is 9.59 Å². The number of benzene rings is 3. The van der Waals surface area contributed by atoms with Gasteiger partial charge < -0.3 is 0 Å². The van der Waals surface area contributed by atoms with Gasteiger partial charge >= 0.3 is 12.4 Å². The minimum absolute atomic E-state index is 0.0505. The van der Waals surface area contributed by atoms with Gasteiger partial charge in [-0.15, -0.1) is 11.8 Å². The number of alkyl halides is 6. The summed E-state index contributed by atoms with van der Waals surface area (Å²) >= 11 is 1.20. The van der Waals surface area contributed by atoms with Gasteiger partial charge in [-0.1, -0.05) is 42.8 Å². The molecule has 0 radical (unpaired) electrons. The molecule has 0 saturated carbocycles. The van der Waals surface area contributed by atoms with E-state index in [0.29, 0.717) is 24.2 Å². The van der Waals surface area contributed by atoms with Crippen LogP contribution in [-0.4, -0.2) is 18.3 Å². The van der Waals surface area contributed by atoms with Crippen molar-refractivity contribution in [2.45, 2.75) is 42.9 Å². The fraction of sp³-hybridized carbons (Fsp3) is 0.259. The van der Waals surface area contributed by atoms with Gasteiger partial charge in [0.1, 0.15) is 18.4 Å². The van der Waals surface area contributed by atoms with Gasteiger partial charge in [-0.2, -0.15) is 26.3 Å². The number of unbranched alkanes of at least 4 members (excludes halogenated alkanes) is 2. The minimum Gasteiger partial charge on any atom is -0.298 e. The van der Waals surface area contributed by atoms with Gasteiger partial charge in [0.25, 0.3) is 0 Å². The summed E-state index contributed by atoms with van der Waals surface area (Å²) in [6, 6.07) is 16.0. The second-order valence-corrected chi connectivity index (χ2v) is 9.01. The van der Waals surface area contributed by atoms with Crippen molar-refractivity contribution >= 4 is 24.3 Å². The predicted octanol–water partition coefficient (Wildman–Crippen LogP) is 8.68. The third-order valence-electron chi connectivity index (χ3n) is 5.09. The van der Waals surface area contributed by atoms with Crippen LogP contribution in [0.3, 0.4) is 0 Å². The number of rotatable bonds is 9. The van der Waals surface area contributed by atoms with Crippen LogP contribution >= 0.6 is 11.8 Å². The van der Waals surface area contributed by atoms with Crippen LogP contribution in [0.2, 0.25) is 0 Å². The van der Waals surface area contributed by atoms with Crippen LogP contribution in [0.5, 0.6) is 0 Å². The molecule has 0 N–H and O–H groups in total. The van der Waals surface area contributed by atoms with Gasteiger partial charge in [0, 0.05) is 16.0 Å². The Morgan fingerprint density at radius 2 is 1.24 bits per heavy atom. The highest BCUT2D eigenvalue weighted by Crippen LogP contribution is 2.37. The average Bonchev–Trinajstić information content (AvgIpc) is 2.86. The highest BCUT2D eigenvalue weighted by atomic mass is 32.2. The second kappa shape index (κ2) is 14.0. The van der Waals surface area contributed by atoms with E-state index in [9.17, 15) is 40.3 Å². The summed E-state index contributed by atoms with van der Waals surface area (Å²) in [5, 5.41) is 0. The van der Waals surface area contributed by atoms with E-state index in [1.165, 1.54) is 29.5 Å². The van der Waals surface area contributed by atoms with Gasteiger partial charge in [-0.05, 0) is 60.9 Å². The first-order valence-electron chi connectivity index (χ1n) is 11.1. The van der Waals surface area contributed by atoms with Crippen molar-refractivity contribution in [2.75, 3.05) is 5.75 Å². The van der Waals surface area contributed by atoms with E-state index in [4.69, 9.17) is 0 Å². The Labute approximate surface area is 213 Å². The van der Waals surface area contributed by atoms with E-state index in [1.54, 1.807) is 0 Å². The zero-order chi connectivity index (χ0) is 27.5. The molecule has 0 atom stereocenters. The molecule has 0 saturated heterocycles. The normalized spacial score (nSPS) is 11.4. The number of hydrogen-bond acceptors (Lipinski definition) is 3. The SMILES string of the molecule is O=Cc1ccc(F)c(C(F)(F)F)c1.O=Cc1ccc(SCCCCCc2ccccc2)c(C(F)(F)F)c1. The average molecular weight is 545 g/mol. The molecular formula is C27H23F7O2S. The monoisotopic (exact) mass is 544 g/mol. The molecule has 0 fully saturated rings. The van der Waals surface area contributed by atoms with Crippen LogP contribution in [0, 0.1) is 5.82 Å². The number of aryl methyl sites for hydroxylation is 1. The van der Waals surface area contributed by atoms with E-state index >= 15 is 0 Å². The summed E-state index contributed by atoms with van der Waals surface area (Å²) < 4.78 is 87.8. The molecule has 37 heavy (non-hydrogen) atoms. The molecule has 0 unspecified atom stereocenters. The Morgan fingerprint density at radius 1 is 0.676 bits per heavy atom. The van der Waals surface area contributed by atoms with Gasteiger partial charge in [0.05, 0.1) is 11.1 Å². The molecule has 10 heteroatoms. The van der Waals surface area contributed by atoms with Crippen molar-refractivity contribution in [1.82, 2.24) is 0 Å². The maximum atomic E-state index is 13.1. The Balaban J connectivity index is 0.000000312. The van der Waals surface area contributed by atoms with Crippen LogP contribution in [0.15, 0.2) is 71.6 Å². The molecule has 3 rings (SSSR count). The van der Waals surface area contributed by atoms with Crippen molar-refractivity contribution in [3.63, 3.8) is 0 Å². The quantitative estimate of drug-likeness (QED) is 0.117. The first-order valence-corrected chi connectivity index (χ1v) is 12.1. The molecule has 0 aliphatic heterocycles. The van der Waals surface area contributed by atoms with Crippen LogP contribution in [0.1, 0.15) is 56.7 Å². The largest absolute Gasteiger partial charge is 0.419 e. The highest BCUT2D eigenvalue weighted by Gasteiger charge is 2.34. The van der Waals surface area contributed by atoms with E-state index < -0.39 is 29.3 Å². The predicted molar refractivity (Wildman–Crippen MR) is 128 cm³/mol. The van der Waals surface area contributed by atoms with Crippen molar-refractivity contribution in [1.29, 1.82) is 0 Å². The molecule has 0 spiro atoms. The van der Waals surface area contributed by atoms with Crippen LogP contribution in [0.25, 0.3) is 0 Å². The summed E-state index contributed by atoms with van der Waals surface area (Å²) in [6.07, 6.45) is -4.66. The smallest absolute Gasteiger partial charge is 0.298 e. The van der Waals surface area contributed by atoms with E-state index in [-0.39, 0.29) is 22.3 Å². The summed E-state index contributed by atoms with van der Waals surface area (Å²) in [6.45, 7) is 0. The highest BCUT2D eigenvalue weighted by molar-refractivity contribution is 7.99. The number of carbonyl (C=O) groups excluding carboxylic acids is 2. The summed E-state index contributed by atoms with van der Waals surface area (Å²) in [4.78, 5) is 21.0.